The van der Waals surface area contributed by atoms with Crippen LogP contribution in [0.25, 0.3) is 0 Å². The molecule has 1 aliphatic rings. The first kappa shape index (κ1) is 9.24. The molecule has 1 aromatic rings. The van der Waals surface area contributed by atoms with E-state index in [-0.39, 0.29) is 0 Å². The van der Waals surface area contributed by atoms with E-state index in [1.807, 2.05) is 19.9 Å². The van der Waals surface area contributed by atoms with Crippen molar-refractivity contribution in [1.29, 1.82) is 0 Å². The summed E-state index contributed by atoms with van der Waals surface area (Å²) in [4.78, 5) is 10.9. The van der Waals surface area contributed by atoms with Crippen molar-refractivity contribution in [2.24, 2.45) is 0 Å². The fourth-order valence-corrected chi connectivity index (χ4v) is 1.40. The van der Waals surface area contributed by atoms with Crippen molar-refractivity contribution in [3.05, 3.63) is 11.8 Å². The molecule has 0 N–H and O–H groups in total. The average Bonchev–Trinajstić information content (AvgIpc) is 1.99. The van der Waals surface area contributed by atoms with Gasteiger partial charge in [0.05, 0.1) is 6.61 Å². The summed E-state index contributed by atoms with van der Waals surface area (Å²) in [5, 5.41) is 0. The Bertz CT molecular complexity index is 323. The Kier molecular flexibility index (Phi) is 2.52. The maximum Gasteiger partial charge on any atom is 0.228 e. The minimum Gasteiger partial charge on any atom is -0.478 e. The van der Waals surface area contributed by atoms with Crippen LogP contribution in [-0.2, 0) is 0 Å². The number of ether oxygens (including phenoxy) is 1. The number of aryl methyl sites for hydroxylation is 1. The van der Waals surface area contributed by atoms with Crippen LogP contribution in [-0.4, -0.2) is 29.7 Å². The first-order valence-corrected chi connectivity index (χ1v) is 5.03. The summed E-state index contributed by atoms with van der Waals surface area (Å²) in [5.74, 6) is 1.49. The second-order valence-electron chi connectivity index (χ2n) is 3.42. The van der Waals surface area contributed by atoms with E-state index in [1.165, 1.54) is 6.42 Å². The number of hydrogen-bond donors (Lipinski definition) is 0. The average molecular weight is 193 g/mol. The fraction of sp³-hybridized carbons (Fsp3) is 0.600. The van der Waals surface area contributed by atoms with Gasteiger partial charge in [0.15, 0.2) is 0 Å². The summed E-state index contributed by atoms with van der Waals surface area (Å²) in [6.07, 6.45) is 1.24. The van der Waals surface area contributed by atoms with Crippen LogP contribution >= 0.6 is 0 Å². The standard InChI is InChI=1S/C10H15N3O/c1-3-14-9-7-8(2)11-10(12-9)13-5-4-6-13/h7H,3-6H2,1-2H3. The number of rotatable bonds is 3. The lowest BCUT2D eigenvalue weighted by atomic mass is 10.2. The van der Waals surface area contributed by atoms with E-state index in [2.05, 4.69) is 14.9 Å². The molecule has 2 rings (SSSR count). The molecule has 0 aliphatic carbocycles. The number of aromatic nitrogens is 2. The summed E-state index contributed by atoms with van der Waals surface area (Å²) in [6.45, 7) is 6.70. The lowest BCUT2D eigenvalue weighted by molar-refractivity contribution is 0.325. The van der Waals surface area contributed by atoms with Crippen molar-refractivity contribution in [2.75, 3.05) is 24.6 Å². The van der Waals surface area contributed by atoms with Gasteiger partial charge in [-0.15, -0.1) is 0 Å². The molecule has 0 aromatic carbocycles. The van der Waals surface area contributed by atoms with Gasteiger partial charge in [0.2, 0.25) is 11.8 Å². The number of nitrogens with zero attached hydrogens (tertiary/aromatic N) is 3. The third-order valence-corrected chi connectivity index (χ3v) is 2.25. The third-order valence-electron chi connectivity index (χ3n) is 2.25. The van der Waals surface area contributed by atoms with Gasteiger partial charge in [-0.25, -0.2) is 4.98 Å². The Balaban J connectivity index is 2.21. The lowest BCUT2D eigenvalue weighted by Crippen LogP contribution is -2.38. The van der Waals surface area contributed by atoms with Crippen LogP contribution in [0.1, 0.15) is 19.0 Å². The molecular formula is C10H15N3O. The molecule has 0 amide bonds. The molecule has 4 nitrogen and oxygen atoms in total. The van der Waals surface area contributed by atoms with E-state index in [4.69, 9.17) is 4.74 Å². The third kappa shape index (κ3) is 1.78. The van der Waals surface area contributed by atoms with Crippen molar-refractivity contribution in [3.63, 3.8) is 0 Å². The van der Waals surface area contributed by atoms with Gasteiger partial charge in [0, 0.05) is 24.8 Å². The van der Waals surface area contributed by atoms with Crippen molar-refractivity contribution in [1.82, 2.24) is 9.97 Å². The molecule has 1 aliphatic heterocycles. The van der Waals surface area contributed by atoms with E-state index in [9.17, 15) is 0 Å². The second kappa shape index (κ2) is 3.82. The summed E-state index contributed by atoms with van der Waals surface area (Å²) in [6, 6.07) is 1.87. The van der Waals surface area contributed by atoms with Crippen molar-refractivity contribution in [2.45, 2.75) is 20.3 Å². The molecule has 1 fully saturated rings. The zero-order valence-electron chi connectivity index (χ0n) is 8.66. The fourth-order valence-electron chi connectivity index (χ4n) is 1.40. The molecule has 14 heavy (non-hydrogen) atoms. The summed E-state index contributed by atoms with van der Waals surface area (Å²) >= 11 is 0. The van der Waals surface area contributed by atoms with E-state index in [0.29, 0.717) is 12.5 Å². The van der Waals surface area contributed by atoms with Crippen LogP contribution < -0.4 is 9.64 Å². The van der Waals surface area contributed by atoms with Crippen LogP contribution in [0.5, 0.6) is 5.88 Å². The van der Waals surface area contributed by atoms with Gasteiger partial charge in [-0.1, -0.05) is 0 Å². The van der Waals surface area contributed by atoms with Crippen molar-refractivity contribution in [3.8, 4) is 5.88 Å². The molecule has 76 valence electrons. The predicted molar refractivity (Wildman–Crippen MR) is 54.8 cm³/mol. The molecule has 0 radical (unpaired) electrons. The van der Waals surface area contributed by atoms with Gasteiger partial charge in [0.25, 0.3) is 0 Å². The van der Waals surface area contributed by atoms with E-state index >= 15 is 0 Å². The minimum atomic E-state index is 0.649. The second-order valence-corrected chi connectivity index (χ2v) is 3.42. The van der Waals surface area contributed by atoms with Gasteiger partial charge in [-0.05, 0) is 20.3 Å². The zero-order chi connectivity index (χ0) is 9.97. The molecule has 4 heteroatoms. The normalized spacial score (nSPS) is 15.1. The molecule has 1 aromatic heterocycles. The highest BCUT2D eigenvalue weighted by atomic mass is 16.5. The van der Waals surface area contributed by atoms with E-state index in [1.54, 1.807) is 0 Å². The van der Waals surface area contributed by atoms with Crippen LogP contribution in [0.4, 0.5) is 5.95 Å². The predicted octanol–water partition coefficient (Wildman–Crippen LogP) is 1.39. The van der Waals surface area contributed by atoms with Gasteiger partial charge in [0.1, 0.15) is 0 Å². The van der Waals surface area contributed by atoms with Crippen LogP contribution in [0.15, 0.2) is 6.07 Å². The SMILES string of the molecule is CCOc1cc(C)nc(N2CCC2)n1. The summed E-state index contributed by atoms with van der Waals surface area (Å²) < 4.78 is 5.37. The smallest absolute Gasteiger partial charge is 0.228 e. The Morgan fingerprint density at radius 2 is 2.21 bits per heavy atom. The van der Waals surface area contributed by atoms with Crippen molar-refractivity contribution < 1.29 is 4.74 Å². The van der Waals surface area contributed by atoms with Crippen LogP contribution in [0, 0.1) is 6.92 Å². The van der Waals surface area contributed by atoms with Crippen LogP contribution in [0.3, 0.4) is 0 Å². The molecule has 0 spiro atoms. The zero-order valence-corrected chi connectivity index (χ0v) is 8.66. The molecule has 2 heterocycles. The Labute approximate surface area is 83.9 Å². The topological polar surface area (TPSA) is 38.2 Å². The number of anilines is 1. The molecule has 1 saturated heterocycles. The molecule has 0 unspecified atom stereocenters. The first-order chi connectivity index (χ1) is 6.79. The van der Waals surface area contributed by atoms with Gasteiger partial charge in [-0.3, -0.25) is 0 Å². The minimum absolute atomic E-state index is 0.649. The molecule has 0 saturated carbocycles. The molecular weight excluding hydrogens is 178 g/mol. The lowest BCUT2D eigenvalue weighted by Gasteiger charge is -2.31. The largest absolute Gasteiger partial charge is 0.478 e. The van der Waals surface area contributed by atoms with Gasteiger partial charge < -0.3 is 9.64 Å². The van der Waals surface area contributed by atoms with E-state index in [0.717, 1.165) is 24.7 Å². The highest BCUT2D eigenvalue weighted by Gasteiger charge is 2.18. The highest BCUT2D eigenvalue weighted by molar-refractivity contribution is 5.36. The Morgan fingerprint density at radius 1 is 1.43 bits per heavy atom. The highest BCUT2D eigenvalue weighted by Crippen LogP contribution is 2.19. The molecule has 0 atom stereocenters. The number of hydrogen-bond acceptors (Lipinski definition) is 4. The summed E-state index contributed by atoms with van der Waals surface area (Å²) in [5.41, 5.74) is 0.963. The quantitative estimate of drug-likeness (QED) is 0.727. The summed E-state index contributed by atoms with van der Waals surface area (Å²) in [7, 11) is 0. The van der Waals surface area contributed by atoms with Gasteiger partial charge in [-0.2, -0.15) is 4.98 Å². The Hall–Kier alpha value is -1.32. The maximum atomic E-state index is 5.37. The van der Waals surface area contributed by atoms with Crippen LogP contribution in [0.2, 0.25) is 0 Å². The van der Waals surface area contributed by atoms with Gasteiger partial charge >= 0.3 is 0 Å². The van der Waals surface area contributed by atoms with Crippen molar-refractivity contribution >= 4 is 5.95 Å². The maximum absolute atomic E-state index is 5.37. The molecule has 0 bridgehead atoms. The first-order valence-electron chi connectivity index (χ1n) is 5.03. The monoisotopic (exact) mass is 193 g/mol. The van der Waals surface area contributed by atoms with E-state index < -0.39 is 0 Å². The Morgan fingerprint density at radius 3 is 2.79 bits per heavy atom.